The predicted molar refractivity (Wildman–Crippen MR) is 91.9 cm³/mol. The van der Waals surface area contributed by atoms with Gasteiger partial charge < -0.3 is 0 Å². The molecule has 1 aliphatic carbocycles. The first-order valence-electron chi connectivity index (χ1n) is 7.94. The normalized spacial score (nSPS) is 24.5. The van der Waals surface area contributed by atoms with Crippen molar-refractivity contribution >= 4 is 32.8 Å². The standard InChI is InChI=1S/C15H18ClN3O2S2/c16-13-6-5-12(22-13)15-17-14(10-3-1-2-4-10)18-19(15)11-7-8-23(20,21)9-11/h5-6,10-11H,1-4,7-9H2/t11-/m0/s1. The first-order valence-corrected chi connectivity index (χ1v) is 11.0. The number of thiophene rings is 1. The molecule has 0 aromatic carbocycles. The van der Waals surface area contributed by atoms with Crippen LogP contribution in [-0.2, 0) is 9.84 Å². The lowest BCUT2D eigenvalue weighted by Gasteiger charge is -2.10. The summed E-state index contributed by atoms with van der Waals surface area (Å²) in [4.78, 5) is 5.73. The lowest BCUT2D eigenvalue weighted by atomic mass is 10.1. The fourth-order valence-corrected chi connectivity index (χ4v) is 6.24. The zero-order valence-electron chi connectivity index (χ0n) is 12.6. The molecule has 0 bridgehead atoms. The van der Waals surface area contributed by atoms with Gasteiger partial charge in [0.15, 0.2) is 21.5 Å². The third kappa shape index (κ3) is 3.06. The zero-order chi connectivity index (χ0) is 16.0. The van der Waals surface area contributed by atoms with Gasteiger partial charge in [-0.05, 0) is 31.4 Å². The van der Waals surface area contributed by atoms with Crippen LogP contribution in [0.25, 0.3) is 10.7 Å². The highest BCUT2D eigenvalue weighted by Gasteiger charge is 2.33. The summed E-state index contributed by atoms with van der Waals surface area (Å²) in [6, 6.07) is 3.68. The lowest BCUT2D eigenvalue weighted by Crippen LogP contribution is -2.14. The number of aromatic nitrogens is 3. The molecule has 1 saturated heterocycles. The van der Waals surface area contributed by atoms with Crippen molar-refractivity contribution in [3.05, 3.63) is 22.3 Å². The molecule has 124 valence electrons. The Morgan fingerprint density at radius 2 is 2.00 bits per heavy atom. The van der Waals surface area contributed by atoms with E-state index in [0.717, 1.165) is 29.4 Å². The van der Waals surface area contributed by atoms with Gasteiger partial charge in [0.25, 0.3) is 0 Å². The van der Waals surface area contributed by atoms with Crippen LogP contribution in [0.1, 0.15) is 49.9 Å². The molecule has 2 aromatic heterocycles. The van der Waals surface area contributed by atoms with E-state index in [1.165, 1.54) is 24.2 Å². The van der Waals surface area contributed by atoms with Crippen molar-refractivity contribution < 1.29 is 8.42 Å². The van der Waals surface area contributed by atoms with Gasteiger partial charge in [0.1, 0.15) is 0 Å². The molecule has 2 fully saturated rings. The molecule has 1 aliphatic heterocycles. The van der Waals surface area contributed by atoms with E-state index in [9.17, 15) is 8.42 Å². The van der Waals surface area contributed by atoms with Gasteiger partial charge in [0, 0.05) is 5.92 Å². The Bertz CT molecular complexity index is 822. The second kappa shape index (κ2) is 5.86. The largest absolute Gasteiger partial charge is 0.241 e. The van der Waals surface area contributed by atoms with Gasteiger partial charge in [-0.25, -0.2) is 18.1 Å². The minimum absolute atomic E-state index is 0.112. The minimum atomic E-state index is -2.96. The van der Waals surface area contributed by atoms with Crippen molar-refractivity contribution in [1.82, 2.24) is 14.8 Å². The second-order valence-corrected chi connectivity index (χ2v) is 10.3. The summed E-state index contributed by atoms with van der Waals surface area (Å²) in [5.74, 6) is 2.44. The van der Waals surface area contributed by atoms with Gasteiger partial charge in [0.2, 0.25) is 0 Å². The predicted octanol–water partition coefficient (Wildman–Crippen LogP) is 3.68. The molecule has 0 N–H and O–H groups in total. The van der Waals surface area contributed by atoms with Crippen LogP contribution in [0.4, 0.5) is 0 Å². The molecule has 0 spiro atoms. The molecule has 2 aliphatic rings. The second-order valence-electron chi connectivity index (χ2n) is 6.38. The van der Waals surface area contributed by atoms with Crippen LogP contribution in [0.2, 0.25) is 4.34 Å². The number of sulfone groups is 1. The number of rotatable bonds is 3. The Kier molecular flexibility index (Phi) is 3.98. The van der Waals surface area contributed by atoms with Crippen LogP contribution in [0, 0.1) is 0 Å². The summed E-state index contributed by atoms with van der Waals surface area (Å²) in [5.41, 5.74) is 0. The molecule has 0 unspecified atom stereocenters. The Morgan fingerprint density at radius 3 is 2.61 bits per heavy atom. The summed E-state index contributed by atoms with van der Waals surface area (Å²) >= 11 is 7.53. The molecule has 2 aromatic rings. The van der Waals surface area contributed by atoms with E-state index in [4.69, 9.17) is 21.7 Å². The maximum absolute atomic E-state index is 11.8. The number of halogens is 1. The van der Waals surface area contributed by atoms with Gasteiger partial charge in [-0.3, -0.25) is 0 Å². The highest BCUT2D eigenvalue weighted by Crippen LogP contribution is 2.37. The summed E-state index contributed by atoms with van der Waals surface area (Å²) < 4.78 is 26.3. The van der Waals surface area contributed by atoms with Gasteiger partial charge in [0.05, 0.1) is 26.8 Å². The topological polar surface area (TPSA) is 64.8 Å². The monoisotopic (exact) mass is 371 g/mol. The fraction of sp³-hybridized carbons (Fsp3) is 0.600. The van der Waals surface area contributed by atoms with Crippen molar-refractivity contribution in [2.24, 2.45) is 0 Å². The van der Waals surface area contributed by atoms with Gasteiger partial charge in [-0.2, -0.15) is 5.10 Å². The number of hydrogen-bond acceptors (Lipinski definition) is 5. The first kappa shape index (κ1) is 15.6. The highest BCUT2D eigenvalue weighted by atomic mass is 35.5. The number of nitrogens with zero attached hydrogens (tertiary/aromatic N) is 3. The van der Waals surface area contributed by atoms with Crippen LogP contribution < -0.4 is 0 Å². The van der Waals surface area contributed by atoms with E-state index in [2.05, 4.69) is 0 Å². The fourth-order valence-electron chi connectivity index (χ4n) is 3.52. The molecule has 1 atom stereocenters. The molecule has 8 heteroatoms. The molecule has 1 saturated carbocycles. The maximum atomic E-state index is 11.8. The third-order valence-corrected chi connectivity index (χ3v) is 7.69. The summed E-state index contributed by atoms with van der Waals surface area (Å²) in [6.07, 6.45) is 5.30. The van der Waals surface area contributed by atoms with Crippen molar-refractivity contribution in [1.29, 1.82) is 0 Å². The van der Waals surface area contributed by atoms with E-state index in [1.807, 2.05) is 16.8 Å². The van der Waals surface area contributed by atoms with Gasteiger partial charge in [-0.1, -0.05) is 24.4 Å². The van der Waals surface area contributed by atoms with Crippen LogP contribution in [0.15, 0.2) is 12.1 Å². The van der Waals surface area contributed by atoms with E-state index in [1.54, 1.807) is 0 Å². The quantitative estimate of drug-likeness (QED) is 0.825. The molecular weight excluding hydrogens is 354 g/mol. The van der Waals surface area contributed by atoms with E-state index < -0.39 is 9.84 Å². The Balaban J connectivity index is 1.76. The lowest BCUT2D eigenvalue weighted by molar-refractivity contribution is 0.494. The average molecular weight is 372 g/mol. The third-order valence-electron chi connectivity index (χ3n) is 4.72. The zero-order valence-corrected chi connectivity index (χ0v) is 15.0. The minimum Gasteiger partial charge on any atom is -0.241 e. The smallest absolute Gasteiger partial charge is 0.168 e. The molecule has 0 amide bonds. The first-order chi connectivity index (χ1) is 11.0. The summed E-state index contributed by atoms with van der Waals surface area (Å²) in [7, 11) is -2.96. The Labute approximate surface area is 144 Å². The SMILES string of the molecule is O=S1(=O)CC[C@H](n2nc(C3CCCC3)nc2-c2ccc(Cl)s2)C1. The molecule has 3 heterocycles. The van der Waals surface area contributed by atoms with Gasteiger partial charge >= 0.3 is 0 Å². The van der Waals surface area contributed by atoms with E-state index >= 15 is 0 Å². The van der Waals surface area contributed by atoms with E-state index in [0.29, 0.717) is 16.7 Å². The van der Waals surface area contributed by atoms with Crippen molar-refractivity contribution in [2.75, 3.05) is 11.5 Å². The van der Waals surface area contributed by atoms with Crippen LogP contribution >= 0.6 is 22.9 Å². The van der Waals surface area contributed by atoms with Gasteiger partial charge in [-0.15, -0.1) is 11.3 Å². The molecule has 0 radical (unpaired) electrons. The summed E-state index contributed by atoms with van der Waals surface area (Å²) in [5, 5.41) is 4.73. The number of hydrogen-bond donors (Lipinski definition) is 0. The Morgan fingerprint density at radius 1 is 1.22 bits per heavy atom. The average Bonchev–Trinajstić information content (AvgIpc) is 3.22. The van der Waals surface area contributed by atoms with E-state index in [-0.39, 0.29) is 17.5 Å². The highest BCUT2D eigenvalue weighted by molar-refractivity contribution is 7.91. The van der Waals surface area contributed by atoms with Crippen molar-refractivity contribution in [2.45, 2.75) is 44.1 Å². The molecule has 5 nitrogen and oxygen atoms in total. The van der Waals surface area contributed by atoms with Crippen LogP contribution in [0.3, 0.4) is 0 Å². The summed E-state index contributed by atoms with van der Waals surface area (Å²) in [6.45, 7) is 0. The molecule has 4 rings (SSSR count). The maximum Gasteiger partial charge on any atom is 0.168 e. The van der Waals surface area contributed by atoms with Crippen LogP contribution in [0.5, 0.6) is 0 Å². The molecule has 23 heavy (non-hydrogen) atoms. The van der Waals surface area contributed by atoms with Crippen LogP contribution in [-0.4, -0.2) is 34.7 Å². The molecular formula is C15H18ClN3O2S2. The van der Waals surface area contributed by atoms with Crippen molar-refractivity contribution in [3.8, 4) is 10.7 Å². The van der Waals surface area contributed by atoms with Crippen molar-refractivity contribution in [3.63, 3.8) is 0 Å². The Hall–Kier alpha value is -0.920.